The molecule has 0 radical (unpaired) electrons. The van der Waals surface area contributed by atoms with E-state index in [1.807, 2.05) is 13.1 Å². The minimum atomic E-state index is 0.525. The highest BCUT2D eigenvalue weighted by molar-refractivity contribution is 5.64. The summed E-state index contributed by atoms with van der Waals surface area (Å²) >= 11 is 0. The van der Waals surface area contributed by atoms with Crippen molar-refractivity contribution >= 4 is 17.5 Å². The molecule has 178 valence electrons. The van der Waals surface area contributed by atoms with E-state index in [1.165, 1.54) is 63.6 Å². The molecule has 2 N–H and O–H groups in total. The number of nitrogens with zero attached hydrogens (tertiary/aromatic N) is 3. The predicted molar refractivity (Wildman–Crippen MR) is 132 cm³/mol. The molecular formula is C26H37N5O2. The first kappa shape index (κ1) is 22.3. The average Bonchev–Trinajstić information content (AvgIpc) is 3.54. The van der Waals surface area contributed by atoms with Crippen molar-refractivity contribution in [3.8, 4) is 11.5 Å². The topological polar surface area (TPSA) is 71.5 Å². The third kappa shape index (κ3) is 5.52. The van der Waals surface area contributed by atoms with Gasteiger partial charge in [0.1, 0.15) is 5.82 Å². The Labute approximate surface area is 197 Å². The number of benzene rings is 1. The van der Waals surface area contributed by atoms with Crippen LogP contribution in [0.25, 0.3) is 0 Å². The molecule has 1 aliphatic carbocycles. The van der Waals surface area contributed by atoms with Gasteiger partial charge >= 0.3 is 0 Å². The van der Waals surface area contributed by atoms with Crippen LogP contribution in [-0.4, -0.2) is 54.8 Å². The molecule has 3 heterocycles. The first-order valence-electron chi connectivity index (χ1n) is 12.8. The number of hydrogen-bond acceptors (Lipinski definition) is 7. The second kappa shape index (κ2) is 10.6. The van der Waals surface area contributed by atoms with Crippen LogP contribution in [0.1, 0.15) is 68.5 Å². The van der Waals surface area contributed by atoms with Gasteiger partial charge in [-0.15, -0.1) is 0 Å². The van der Waals surface area contributed by atoms with E-state index in [9.17, 15) is 0 Å². The maximum absolute atomic E-state index is 6.21. The van der Waals surface area contributed by atoms with Crippen molar-refractivity contribution in [1.82, 2.24) is 14.9 Å². The summed E-state index contributed by atoms with van der Waals surface area (Å²) in [6.45, 7) is 4.97. The molecule has 2 aromatic rings. The molecule has 5 rings (SSSR count). The summed E-state index contributed by atoms with van der Waals surface area (Å²) in [6.07, 6.45) is 10.9. The molecule has 0 amide bonds. The van der Waals surface area contributed by atoms with Gasteiger partial charge in [0.2, 0.25) is 5.95 Å². The fourth-order valence-corrected chi connectivity index (χ4v) is 5.31. The van der Waals surface area contributed by atoms with Crippen LogP contribution >= 0.6 is 0 Å². The molecule has 0 spiro atoms. The molecule has 0 unspecified atom stereocenters. The molecule has 0 bridgehead atoms. The van der Waals surface area contributed by atoms with Gasteiger partial charge in [0.05, 0.1) is 18.9 Å². The van der Waals surface area contributed by atoms with E-state index in [-0.39, 0.29) is 0 Å². The van der Waals surface area contributed by atoms with Crippen LogP contribution < -0.4 is 20.1 Å². The molecule has 1 saturated carbocycles. The Hall–Kier alpha value is -2.54. The molecule has 1 aromatic carbocycles. The van der Waals surface area contributed by atoms with Gasteiger partial charge < -0.3 is 25.0 Å². The van der Waals surface area contributed by atoms with Crippen LogP contribution in [0.2, 0.25) is 0 Å². The largest absolute Gasteiger partial charge is 0.490 e. The fraction of sp³-hybridized carbons (Fsp3) is 0.615. The van der Waals surface area contributed by atoms with Gasteiger partial charge in [0.25, 0.3) is 0 Å². The standard InChI is InChI=1S/C26H37N5O2/c1-27-24-18-22(19-8-3-2-4-9-19)29-26(30-24)28-21-16-20-10-15-33-25(20)23(17-21)32-14-7-13-31-11-5-6-12-31/h16-19H,2-15H2,1H3,(H2,27,28,29,30). The number of likely N-dealkylation sites (tertiary alicyclic amines) is 1. The van der Waals surface area contributed by atoms with E-state index < -0.39 is 0 Å². The molecule has 7 heteroatoms. The first-order valence-corrected chi connectivity index (χ1v) is 12.8. The first-order chi connectivity index (χ1) is 16.3. The van der Waals surface area contributed by atoms with E-state index in [4.69, 9.17) is 14.5 Å². The Morgan fingerprint density at radius 3 is 2.73 bits per heavy atom. The van der Waals surface area contributed by atoms with Crippen molar-refractivity contribution in [3.63, 3.8) is 0 Å². The molecule has 0 atom stereocenters. The Balaban J connectivity index is 1.30. The van der Waals surface area contributed by atoms with Gasteiger partial charge in [-0.25, -0.2) is 4.98 Å². The highest BCUT2D eigenvalue weighted by Gasteiger charge is 2.21. The lowest BCUT2D eigenvalue weighted by Gasteiger charge is -2.22. The van der Waals surface area contributed by atoms with Crippen LogP contribution in [0, 0.1) is 0 Å². The van der Waals surface area contributed by atoms with Crippen LogP contribution in [0.15, 0.2) is 18.2 Å². The lowest BCUT2D eigenvalue weighted by Crippen LogP contribution is -2.21. The van der Waals surface area contributed by atoms with E-state index in [2.05, 4.69) is 32.7 Å². The third-order valence-corrected chi connectivity index (χ3v) is 7.11. The van der Waals surface area contributed by atoms with Gasteiger partial charge in [0, 0.05) is 49.3 Å². The zero-order valence-corrected chi connectivity index (χ0v) is 19.9. The predicted octanol–water partition coefficient (Wildman–Crippen LogP) is 5.11. The van der Waals surface area contributed by atoms with Crippen LogP contribution in [0.3, 0.4) is 0 Å². The molecular weight excluding hydrogens is 414 g/mol. The minimum Gasteiger partial charge on any atom is -0.490 e. The van der Waals surface area contributed by atoms with Crippen molar-refractivity contribution in [2.75, 3.05) is 50.5 Å². The lowest BCUT2D eigenvalue weighted by atomic mass is 9.87. The maximum atomic E-state index is 6.21. The van der Waals surface area contributed by atoms with Crippen molar-refractivity contribution in [1.29, 1.82) is 0 Å². The number of rotatable bonds is 9. The smallest absolute Gasteiger partial charge is 0.229 e. The number of anilines is 3. The SMILES string of the molecule is CNc1cc(C2CCCCC2)nc(Nc2cc3c(c(OCCCN4CCCC4)c2)OCC3)n1. The number of ether oxygens (including phenoxy) is 2. The Morgan fingerprint density at radius 1 is 1.06 bits per heavy atom. The third-order valence-electron chi connectivity index (χ3n) is 7.11. The van der Waals surface area contributed by atoms with Gasteiger partial charge in [0.15, 0.2) is 11.5 Å². The zero-order chi connectivity index (χ0) is 22.5. The van der Waals surface area contributed by atoms with Crippen molar-refractivity contribution in [2.24, 2.45) is 0 Å². The molecule has 3 aliphatic rings. The lowest BCUT2D eigenvalue weighted by molar-refractivity contribution is 0.251. The second-order valence-electron chi connectivity index (χ2n) is 9.52. The summed E-state index contributed by atoms with van der Waals surface area (Å²) in [4.78, 5) is 12.1. The number of fused-ring (bicyclic) bond motifs is 1. The van der Waals surface area contributed by atoms with Gasteiger partial charge in [-0.3, -0.25) is 0 Å². The molecule has 7 nitrogen and oxygen atoms in total. The highest BCUT2D eigenvalue weighted by atomic mass is 16.5. The van der Waals surface area contributed by atoms with Crippen LogP contribution in [0.5, 0.6) is 11.5 Å². The monoisotopic (exact) mass is 451 g/mol. The Bertz CT molecular complexity index is 939. The second-order valence-corrected chi connectivity index (χ2v) is 9.52. The van der Waals surface area contributed by atoms with E-state index in [1.54, 1.807) is 0 Å². The molecule has 1 saturated heterocycles. The summed E-state index contributed by atoms with van der Waals surface area (Å²) in [5.41, 5.74) is 3.28. The fourth-order valence-electron chi connectivity index (χ4n) is 5.31. The quantitative estimate of drug-likeness (QED) is 0.513. The molecule has 2 aliphatic heterocycles. The van der Waals surface area contributed by atoms with Crippen LogP contribution in [0.4, 0.5) is 17.5 Å². The zero-order valence-electron chi connectivity index (χ0n) is 19.9. The molecule has 33 heavy (non-hydrogen) atoms. The summed E-state index contributed by atoms with van der Waals surface area (Å²) in [5, 5.41) is 6.66. The van der Waals surface area contributed by atoms with E-state index in [0.717, 1.165) is 48.1 Å². The van der Waals surface area contributed by atoms with Gasteiger partial charge in [-0.2, -0.15) is 4.98 Å². The molecule has 2 fully saturated rings. The van der Waals surface area contributed by atoms with Crippen LogP contribution in [-0.2, 0) is 6.42 Å². The highest BCUT2D eigenvalue weighted by Crippen LogP contribution is 2.39. The van der Waals surface area contributed by atoms with E-state index >= 15 is 0 Å². The summed E-state index contributed by atoms with van der Waals surface area (Å²) < 4.78 is 12.1. The van der Waals surface area contributed by atoms with Crippen molar-refractivity contribution in [3.05, 3.63) is 29.5 Å². The number of nitrogens with one attached hydrogen (secondary N) is 2. The average molecular weight is 452 g/mol. The Morgan fingerprint density at radius 2 is 1.91 bits per heavy atom. The summed E-state index contributed by atoms with van der Waals surface area (Å²) in [6, 6.07) is 6.29. The maximum Gasteiger partial charge on any atom is 0.229 e. The normalized spacial score (nSPS) is 18.7. The summed E-state index contributed by atoms with van der Waals surface area (Å²) in [5.74, 6) is 3.75. The van der Waals surface area contributed by atoms with E-state index in [0.29, 0.717) is 25.1 Å². The van der Waals surface area contributed by atoms with Gasteiger partial charge in [-0.1, -0.05) is 19.3 Å². The molecule has 1 aromatic heterocycles. The van der Waals surface area contributed by atoms with Crippen molar-refractivity contribution < 1.29 is 9.47 Å². The van der Waals surface area contributed by atoms with Gasteiger partial charge in [-0.05, 0) is 51.3 Å². The Kier molecular flexibility index (Phi) is 7.15. The number of aromatic nitrogens is 2. The minimum absolute atomic E-state index is 0.525. The van der Waals surface area contributed by atoms with Crippen molar-refractivity contribution in [2.45, 2.75) is 63.7 Å². The number of hydrogen-bond donors (Lipinski definition) is 2. The summed E-state index contributed by atoms with van der Waals surface area (Å²) in [7, 11) is 1.91.